The highest BCUT2D eigenvalue weighted by molar-refractivity contribution is 5.66. The lowest BCUT2D eigenvalue weighted by Gasteiger charge is -2.00. The highest BCUT2D eigenvalue weighted by Crippen LogP contribution is 2.13. The molecule has 4 aromatic heterocycles. The predicted octanol–water partition coefficient (Wildman–Crippen LogP) is 5.30. The fourth-order valence-corrected chi connectivity index (χ4v) is 2.87. The molecule has 0 radical (unpaired) electrons. The summed E-state index contributed by atoms with van der Waals surface area (Å²) < 4.78 is 15.9. The van der Waals surface area contributed by atoms with Crippen LogP contribution in [-0.2, 0) is 0 Å². The zero-order chi connectivity index (χ0) is 24.3. The van der Waals surface area contributed by atoms with E-state index in [0.717, 1.165) is 16.9 Å². The van der Waals surface area contributed by atoms with Gasteiger partial charge in [-0.25, -0.2) is 14.0 Å². The highest BCUT2D eigenvalue weighted by Gasteiger charge is 2.05. The van der Waals surface area contributed by atoms with Crippen LogP contribution in [0.2, 0.25) is 0 Å². The summed E-state index contributed by atoms with van der Waals surface area (Å²) >= 11 is 0. The van der Waals surface area contributed by atoms with E-state index in [4.69, 9.17) is 11.5 Å². The van der Waals surface area contributed by atoms with Gasteiger partial charge in [-0.3, -0.25) is 0 Å². The first-order valence-electron chi connectivity index (χ1n) is 11.1. The molecule has 0 saturated carbocycles. The smallest absolute Gasteiger partial charge is 0.327 e. The van der Waals surface area contributed by atoms with Gasteiger partial charge in [0.2, 0.25) is 0 Å². The molecule has 4 rings (SSSR count). The lowest BCUT2D eigenvalue weighted by atomic mass is 10.2. The number of nitrogen functional groups attached to an aromatic ring is 2. The summed E-state index contributed by atoms with van der Waals surface area (Å²) in [5.74, 6) is 1.39. The topological polar surface area (TPSA) is 112 Å². The van der Waals surface area contributed by atoms with Crippen LogP contribution >= 0.6 is 0 Å². The molecule has 0 atom stereocenters. The predicted molar refractivity (Wildman–Crippen MR) is 130 cm³/mol. The molecule has 8 nitrogen and oxygen atoms in total. The summed E-state index contributed by atoms with van der Waals surface area (Å²) in [5, 5.41) is 7.78. The Labute approximate surface area is 189 Å². The van der Waals surface area contributed by atoms with Crippen LogP contribution in [-0.4, -0.2) is 29.2 Å². The Bertz CT molecular complexity index is 1010. The van der Waals surface area contributed by atoms with Crippen molar-refractivity contribution in [3.8, 4) is 0 Å². The maximum absolute atomic E-state index is 12.6. The standard InChI is InChI=1S/C8H10N4.C7H7FN4.C6H14.C2H6/c1-5-3-4-7-8(9)10-6(2)11-12(5)7;1-4-2-3-5-6(9)10-7(8)11-12(4)5;1-3-5-6-4-2;1-2/h3-4H,1-2H3,(H2,9,10,11);2-3H,1H3,(H2,9,10,11);3-6H2,1-2H3;1-2H3. The third kappa shape index (κ3) is 7.18. The van der Waals surface area contributed by atoms with Crippen molar-refractivity contribution in [2.75, 3.05) is 11.5 Å². The summed E-state index contributed by atoms with van der Waals surface area (Å²) in [5.41, 5.74) is 14.6. The third-order valence-corrected chi connectivity index (χ3v) is 4.49. The second-order valence-corrected chi connectivity index (χ2v) is 7.06. The van der Waals surface area contributed by atoms with E-state index >= 15 is 0 Å². The van der Waals surface area contributed by atoms with Gasteiger partial charge in [0, 0.05) is 11.4 Å². The number of anilines is 2. The van der Waals surface area contributed by atoms with Crippen LogP contribution < -0.4 is 11.5 Å². The Hall–Kier alpha value is -3.23. The zero-order valence-corrected chi connectivity index (χ0v) is 20.4. The van der Waals surface area contributed by atoms with Crippen molar-refractivity contribution in [1.29, 1.82) is 0 Å². The molecule has 0 saturated heterocycles. The van der Waals surface area contributed by atoms with Crippen molar-refractivity contribution < 1.29 is 4.39 Å². The van der Waals surface area contributed by atoms with E-state index in [1.54, 1.807) is 16.6 Å². The van der Waals surface area contributed by atoms with Crippen molar-refractivity contribution in [2.24, 2.45) is 0 Å². The average Bonchev–Trinajstić information content (AvgIpc) is 3.32. The number of halogens is 1. The van der Waals surface area contributed by atoms with Crippen LogP contribution in [0, 0.1) is 26.8 Å². The fraction of sp³-hybridized carbons (Fsp3) is 0.478. The number of hydrogen-bond acceptors (Lipinski definition) is 6. The van der Waals surface area contributed by atoms with Crippen LogP contribution in [0.1, 0.15) is 70.6 Å². The summed E-state index contributed by atoms with van der Waals surface area (Å²) in [4.78, 5) is 7.46. The third-order valence-electron chi connectivity index (χ3n) is 4.49. The number of rotatable bonds is 3. The first-order chi connectivity index (χ1) is 15.3. The van der Waals surface area contributed by atoms with Gasteiger partial charge >= 0.3 is 6.08 Å². The average molecular weight is 445 g/mol. The van der Waals surface area contributed by atoms with Gasteiger partial charge in [-0.05, 0) is 45.0 Å². The molecule has 32 heavy (non-hydrogen) atoms. The van der Waals surface area contributed by atoms with Crippen molar-refractivity contribution in [3.63, 3.8) is 0 Å². The van der Waals surface area contributed by atoms with Gasteiger partial charge in [0.15, 0.2) is 11.6 Å². The highest BCUT2D eigenvalue weighted by atomic mass is 19.1. The van der Waals surface area contributed by atoms with Gasteiger partial charge in [0.1, 0.15) is 16.9 Å². The van der Waals surface area contributed by atoms with Crippen LogP contribution in [0.3, 0.4) is 0 Å². The van der Waals surface area contributed by atoms with Crippen LogP contribution in [0.25, 0.3) is 11.0 Å². The SMILES string of the molecule is CC.CCCCCC.Cc1ccc2c(N)nc(F)nn12.Cc1nc(N)c2ccc(C)n2n1. The molecule has 4 N–H and O–H groups in total. The molecular weight excluding hydrogens is 407 g/mol. The second kappa shape index (κ2) is 13.2. The number of aryl methyl sites for hydroxylation is 3. The van der Waals surface area contributed by atoms with Gasteiger partial charge in [-0.15, -0.1) is 5.10 Å². The summed E-state index contributed by atoms with van der Waals surface area (Å²) in [6.45, 7) is 14.1. The lowest BCUT2D eigenvalue weighted by Crippen LogP contribution is -2.04. The Balaban J connectivity index is 0.000000244. The number of hydrogen-bond donors (Lipinski definition) is 2. The molecule has 0 aromatic carbocycles. The largest absolute Gasteiger partial charge is 0.382 e. The van der Waals surface area contributed by atoms with E-state index in [2.05, 4.69) is 34.0 Å². The summed E-state index contributed by atoms with van der Waals surface area (Å²) in [7, 11) is 0. The van der Waals surface area contributed by atoms with E-state index < -0.39 is 6.08 Å². The number of nitrogens with zero attached hydrogens (tertiary/aromatic N) is 6. The molecule has 0 amide bonds. The Morgan fingerprint density at radius 3 is 1.66 bits per heavy atom. The fourth-order valence-electron chi connectivity index (χ4n) is 2.87. The molecule has 0 bridgehead atoms. The van der Waals surface area contributed by atoms with Crippen molar-refractivity contribution >= 4 is 22.7 Å². The normalized spacial score (nSPS) is 10.0. The maximum Gasteiger partial charge on any atom is 0.327 e. The molecule has 0 unspecified atom stereocenters. The van der Waals surface area contributed by atoms with Crippen LogP contribution in [0.4, 0.5) is 16.0 Å². The molecule has 0 aliphatic heterocycles. The van der Waals surface area contributed by atoms with Crippen molar-refractivity contribution in [2.45, 2.75) is 74.1 Å². The monoisotopic (exact) mass is 444 g/mol. The minimum absolute atomic E-state index is 0.163. The Morgan fingerprint density at radius 1 is 0.750 bits per heavy atom. The maximum atomic E-state index is 12.6. The number of aromatic nitrogens is 6. The van der Waals surface area contributed by atoms with Crippen molar-refractivity contribution in [1.82, 2.24) is 29.2 Å². The van der Waals surface area contributed by atoms with Gasteiger partial charge in [0.25, 0.3) is 0 Å². The molecule has 4 heterocycles. The minimum Gasteiger partial charge on any atom is -0.382 e. The number of fused-ring (bicyclic) bond motifs is 2. The molecule has 0 aliphatic rings. The van der Waals surface area contributed by atoms with Gasteiger partial charge in [0.05, 0.1) is 0 Å². The Morgan fingerprint density at radius 2 is 1.19 bits per heavy atom. The minimum atomic E-state index is -0.806. The molecule has 4 aromatic rings. The van der Waals surface area contributed by atoms with Crippen LogP contribution in [0.15, 0.2) is 24.3 Å². The Kier molecular flexibility index (Phi) is 11.1. The quantitative estimate of drug-likeness (QED) is 0.415. The number of unbranched alkanes of at least 4 members (excludes halogenated alkanes) is 3. The first kappa shape index (κ1) is 26.8. The van der Waals surface area contributed by atoms with E-state index in [1.165, 1.54) is 30.2 Å². The van der Waals surface area contributed by atoms with Gasteiger partial charge < -0.3 is 11.5 Å². The van der Waals surface area contributed by atoms with Gasteiger partial charge in [-0.1, -0.05) is 53.4 Å². The molecule has 0 fully saturated rings. The van der Waals surface area contributed by atoms with Gasteiger partial charge in [-0.2, -0.15) is 14.5 Å². The molecule has 176 valence electrons. The molecule has 9 heteroatoms. The second-order valence-electron chi connectivity index (χ2n) is 7.06. The van der Waals surface area contributed by atoms with E-state index in [1.807, 2.05) is 46.8 Å². The van der Waals surface area contributed by atoms with E-state index in [-0.39, 0.29) is 5.82 Å². The zero-order valence-electron chi connectivity index (χ0n) is 20.4. The molecule has 0 aliphatic carbocycles. The number of nitrogens with two attached hydrogens (primary N) is 2. The molecule has 0 spiro atoms. The summed E-state index contributed by atoms with van der Waals surface area (Å²) in [6.07, 6.45) is 4.73. The van der Waals surface area contributed by atoms with Crippen LogP contribution in [0.5, 0.6) is 0 Å². The van der Waals surface area contributed by atoms with E-state index in [0.29, 0.717) is 17.2 Å². The lowest BCUT2D eigenvalue weighted by molar-refractivity contribution is 0.512. The molecular formula is C23H37FN8. The van der Waals surface area contributed by atoms with E-state index in [9.17, 15) is 4.39 Å². The summed E-state index contributed by atoms with van der Waals surface area (Å²) in [6, 6.07) is 7.45. The van der Waals surface area contributed by atoms with Crippen molar-refractivity contribution in [3.05, 3.63) is 47.6 Å². The first-order valence-corrected chi connectivity index (χ1v) is 11.1.